The lowest BCUT2D eigenvalue weighted by molar-refractivity contribution is 0.415. The van der Waals surface area contributed by atoms with Gasteiger partial charge in [0.2, 0.25) is 0 Å². The molecular formula is C13H9BrClN3O. The Morgan fingerprint density at radius 3 is 2.89 bits per heavy atom. The van der Waals surface area contributed by atoms with Crippen molar-refractivity contribution in [3.05, 3.63) is 46.2 Å². The molecule has 0 unspecified atom stereocenters. The minimum atomic E-state index is 0.538. The van der Waals surface area contributed by atoms with Gasteiger partial charge < -0.3 is 4.74 Å². The van der Waals surface area contributed by atoms with Gasteiger partial charge in [0.05, 0.1) is 23.2 Å². The van der Waals surface area contributed by atoms with Crippen LogP contribution in [0.4, 0.5) is 0 Å². The molecule has 0 fully saturated rings. The highest BCUT2D eigenvalue weighted by Gasteiger charge is 2.11. The third kappa shape index (κ3) is 2.09. The van der Waals surface area contributed by atoms with Gasteiger partial charge in [-0.25, -0.2) is 9.67 Å². The van der Waals surface area contributed by atoms with Crippen LogP contribution in [-0.2, 0) is 0 Å². The van der Waals surface area contributed by atoms with E-state index >= 15 is 0 Å². The summed E-state index contributed by atoms with van der Waals surface area (Å²) in [5.74, 6) is 0.633. The first kappa shape index (κ1) is 12.4. The molecule has 0 aliphatic rings. The van der Waals surface area contributed by atoms with Crippen LogP contribution < -0.4 is 4.74 Å². The molecule has 0 bridgehead atoms. The first-order valence-electron chi connectivity index (χ1n) is 5.54. The zero-order valence-corrected chi connectivity index (χ0v) is 12.3. The molecule has 0 saturated carbocycles. The van der Waals surface area contributed by atoms with Crippen molar-refractivity contribution < 1.29 is 4.74 Å². The van der Waals surface area contributed by atoms with Crippen molar-refractivity contribution in [1.82, 2.24) is 14.8 Å². The second kappa shape index (κ2) is 4.83. The number of hydrogen-bond donors (Lipinski definition) is 0. The maximum absolute atomic E-state index is 6.14. The molecule has 3 aromatic rings. The van der Waals surface area contributed by atoms with Gasteiger partial charge in [-0.15, -0.1) is 0 Å². The number of fused-ring (bicyclic) bond motifs is 1. The fourth-order valence-corrected chi connectivity index (χ4v) is 2.60. The van der Waals surface area contributed by atoms with Crippen LogP contribution in [0.15, 0.2) is 41.1 Å². The zero-order valence-electron chi connectivity index (χ0n) is 9.97. The lowest BCUT2D eigenvalue weighted by Gasteiger charge is -2.06. The van der Waals surface area contributed by atoms with Crippen LogP contribution in [0.5, 0.6) is 5.75 Å². The van der Waals surface area contributed by atoms with E-state index in [2.05, 4.69) is 26.0 Å². The van der Waals surface area contributed by atoms with Gasteiger partial charge >= 0.3 is 0 Å². The number of halogens is 2. The average Bonchev–Trinajstić information content (AvgIpc) is 2.77. The molecule has 2 heterocycles. The Balaban J connectivity index is 2.22. The Bertz CT molecular complexity index is 757. The Morgan fingerprint density at radius 1 is 1.32 bits per heavy atom. The summed E-state index contributed by atoms with van der Waals surface area (Å²) in [6.45, 7) is 0. The van der Waals surface area contributed by atoms with Gasteiger partial charge in [0.15, 0.2) is 5.65 Å². The third-order valence-electron chi connectivity index (χ3n) is 2.78. The van der Waals surface area contributed by atoms with E-state index in [1.165, 1.54) is 0 Å². The standard InChI is InChI=1S/C13H9BrClN3O/c1-19-11-5-4-8(7-10(11)15)18-13-9(12(14)17-18)3-2-6-16-13/h2-7H,1H3. The van der Waals surface area contributed by atoms with Crippen LogP contribution in [-0.4, -0.2) is 21.9 Å². The molecule has 6 heteroatoms. The molecule has 0 N–H and O–H groups in total. The van der Waals surface area contributed by atoms with Gasteiger partial charge in [0, 0.05) is 6.20 Å². The molecular weight excluding hydrogens is 330 g/mol. The molecule has 0 saturated heterocycles. The molecule has 96 valence electrons. The zero-order chi connectivity index (χ0) is 13.4. The van der Waals surface area contributed by atoms with Gasteiger partial charge in [-0.05, 0) is 46.3 Å². The first-order valence-corrected chi connectivity index (χ1v) is 6.71. The Hall–Kier alpha value is -1.59. The second-order valence-corrected chi connectivity index (χ2v) is 5.05. The normalized spacial score (nSPS) is 10.9. The summed E-state index contributed by atoms with van der Waals surface area (Å²) in [6, 6.07) is 9.33. The third-order valence-corrected chi connectivity index (χ3v) is 3.66. The molecule has 4 nitrogen and oxygen atoms in total. The summed E-state index contributed by atoms with van der Waals surface area (Å²) in [7, 11) is 1.59. The van der Waals surface area contributed by atoms with Crippen molar-refractivity contribution in [2.75, 3.05) is 7.11 Å². The number of ether oxygens (including phenoxy) is 1. The summed E-state index contributed by atoms with van der Waals surface area (Å²) >= 11 is 9.57. The fourth-order valence-electron chi connectivity index (χ4n) is 1.88. The highest BCUT2D eigenvalue weighted by molar-refractivity contribution is 9.10. The summed E-state index contributed by atoms with van der Waals surface area (Å²) < 4.78 is 7.64. The predicted octanol–water partition coefficient (Wildman–Crippen LogP) is 3.85. The fraction of sp³-hybridized carbons (Fsp3) is 0.0769. The molecule has 0 amide bonds. The molecule has 0 atom stereocenters. The quantitative estimate of drug-likeness (QED) is 0.712. The van der Waals surface area contributed by atoms with Crippen molar-refractivity contribution in [2.45, 2.75) is 0 Å². The predicted molar refractivity (Wildman–Crippen MR) is 78.1 cm³/mol. The van der Waals surface area contributed by atoms with Gasteiger partial charge in [-0.3, -0.25) is 0 Å². The summed E-state index contributed by atoms with van der Waals surface area (Å²) in [4.78, 5) is 4.35. The summed E-state index contributed by atoms with van der Waals surface area (Å²) in [5.41, 5.74) is 1.61. The van der Waals surface area contributed by atoms with E-state index in [9.17, 15) is 0 Å². The van der Waals surface area contributed by atoms with E-state index in [1.54, 1.807) is 24.1 Å². The maximum Gasteiger partial charge on any atom is 0.164 e. The largest absolute Gasteiger partial charge is 0.495 e. The highest BCUT2D eigenvalue weighted by Crippen LogP contribution is 2.29. The van der Waals surface area contributed by atoms with E-state index in [1.807, 2.05) is 24.3 Å². The van der Waals surface area contributed by atoms with E-state index in [0.29, 0.717) is 10.8 Å². The summed E-state index contributed by atoms with van der Waals surface area (Å²) in [6.07, 6.45) is 1.73. The Morgan fingerprint density at radius 2 is 2.16 bits per heavy atom. The second-order valence-electron chi connectivity index (χ2n) is 3.90. The Kier molecular flexibility index (Phi) is 3.16. The SMILES string of the molecule is COc1ccc(-n2nc(Br)c3cccnc32)cc1Cl. The number of aromatic nitrogens is 3. The van der Waals surface area contributed by atoms with E-state index < -0.39 is 0 Å². The monoisotopic (exact) mass is 337 g/mol. The molecule has 0 aliphatic heterocycles. The topological polar surface area (TPSA) is 39.9 Å². The number of methoxy groups -OCH3 is 1. The van der Waals surface area contributed by atoms with Crippen molar-refractivity contribution in [3.8, 4) is 11.4 Å². The van der Waals surface area contributed by atoms with Crippen molar-refractivity contribution in [3.63, 3.8) is 0 Å². The molecule has 0 spiro atoms. The smallest absolute Gasteiger partial charge is 0.164 e. The molecule has 3 rings (SSSR count). The first-order chi connectivity index (χ1) is 9.20. The van der Waals surface area contributed by atoms with Crippen LogP contribution >= 0.6 is 27.5 Å². The Labute approximate surface area is 123 Å². The lowest BCUT2D eigenvalue weighted by atomic mass is 10.3. The van der Waals surface area contributed by atoms with Crippen LogP contribution in [0.1, 0.15) is 0 Å². The van der Waals surface area contributed by atoms with Crippen molar-refractivity contribution in [2.24, 2.45) is 0 Å². The molecule has 19 heavy (non-hydrogen) atoms. The maximum atomic E-state index is 6.14. The van der Waals surface area contributed by atoms with E-state index in [0.717, 1.165) is 21.3 Å². The van der Waals surface area contributed by atoms with Crippen LogP contribution in [0.25, 0.3) is 16.7 Å². The average molecular weight is 339 g/mol. The number of nitrogens with zero attached hydrogens (tertiary/aromatic N) is 3. The number of rotatable bonds is 2. The lowest BCUT2D eigenvalue weighted by Crippen LogP contribution is -1.98. The van der Waals surface area contributed by atoms with E-state index in [4.69, 9.17) is 16.3 Å². The van der Waals surface area contributed by atoms with Gasteiger partial charge in [0.25, 0.3) is 0 Å². The number of benzene rings is 1. The highest BCUT2D eigenvalue weighted by atomic mass is 79.9. The van der Waals surface area contributed by atoms with Gasteiger partial charge in [0.1, 0.15) is 10.4 Å². The van der Waals surface area contributed by atoms with Gasteiger partial charge in [-0.1, -0.05) is 11.6 Å². The van der Waals surface area contributed by atoms with Crippen LogP contribution in [0.3, 0.4) is 0 Å². The molecule has 0 aliphatic carbocycles. The number of hydrogen-bond acceptors (Lipinski definition) is 3. The van der Waals surface area contributed by atoms with Gasteiger partial charge in [-0.2, -0.15) is 5.10 Å². The van der Waals surface area contributed by atoms with Crippen LogP contribution in [0, 0.1) is 0 Å². The van der Waals surface area contributed by atoms with Crippen molar-refractivity contribution in [1.29, 1.82) is 0 Å². The molecule has 0 radical (unpaired) electrons. The summed E-state index contributed by atoms with van der Waals surface area (Å²) in [5, 5.41) is 5.92. The van der Waals surface area contributed by atoms with E-state index in [-0.39, 0.29) is 0 Å². The van der Waals surface area contributed by atoms with Crippen molar-refractivity contribution >= 4 is 38.6 Å². The minimum absolute atomic E-state index is 0.538. The minimum Gasteiger partial charge on any atom is -0.495 e. The number of pyridine rings is 1. The molecule has 2 aromatic heterocycles. The van der Waals surface area contributed by atoms with Crippen LogP contribution in [0.2, 0.25) is 5.02 Å². The molecule has 1 aromatic carbocycles.